The highest BCUT2D eigenvalue weighted by atomic mass is 19.3. The molecule has 0 spiro atoms. The summed E-state index contributed by atoms with van der Waals surface area (Å²) >= 11 is 0. The van der Waals surface area contributed by atoms with Crippen molar-refractivity contribution in [1.82, 2.24) is 14.9 Å². The molecule has 132 valence electrons. The van der Waals surface area contributed by atoms with Crippen LogP contribution in [0.15, 0.2) is 48.8 Å². The number of amides is 1. The van der Waals surface area contributed by atoms with Crippen LogP contribution in [0.4, 0.5) is 8.78 Å². The maximum Gasteiger partial charge on any atom is 0.291 e. The maximum absolute atomic E-state index is 14.2. The van der Waals surface area contributed by atoms with Crippen molar-refractivity contribution in [3.63, 3.8) is 0 Å². The molecule has 7 heteroatoms. The summed E-state index contributed by atoms with van der Waals surface area (Å²) in [7, 11) is 0. The van der Waals surface area contributed by atoms with E-state index in [0.29, 0.717) is 0 Å². The number of alkyl halides is 2. The normalized spacial score (nSPS) is 19.6. The van der Waals surface area contributed by atoms with E-state index in [4.69, 9.17) is 4.74 Å². The van der Waals surface area contributed by atoms with Gasteiger partial charge < -0.3 is 9.64 Å². The van der Waals surface area contributed by atoms with E-state index in [-0.39, 0.29) is 38.5 Å². The predicted molar refractivity (Wildman–Crippen MR) is 87.1 cm³/mol. The molecule has 1 aromatic carbocycles. The van der Waals surface area contributed by atoms with Gasteiger partial charge in [-0.05, 0) is 11.6 Å². The van der Waals surface area contributed by atoms with Gasteiger partial charge in [0.2, 0.25) is 5.82 Å². The molecule has 0 saturated carbocycles. The van der Waals surface area contributed by atoms with Gasteiger partial charge in [-0.2, -0.15) is 0 Å². The van der Waals surface area contributed by atoms with Gasteiger partial charge in [-0.3, -0.25) is 4.79 Å². The van der Waals surface area contributed by atoms with E-state index in [0.717, 1.165) is 5.56 Å². The highest BCUT2D eigenvalue weighted by Gasteiger charge is 2.45. The molecule has 0 bridgehead atoms. The summed E-state index contributed by atoms with van der Waals surface area (Å²) in [5.74, 6) is -4.30. The Labute approximate surface area is 144 Å². The Morgan fingerprint density at radius 2 is 1.92 bits per heavy atom. The molecule has 1 unspecified atom stereocenters. The van der Waals surface area contributed by atoms with Gasteiger partial charge in [0.1, 0.15) is 0 Å². The summed E-state index contributed by atoms with van der Waals surface area (Å²) in [4.78, 5) is 21.5. The van der Waals surface area contributed by atoms with Crippen LogP contribution in [0, 0.1) is 5.92 Å². The molecule has 2 aromatic rings. The van der Waals surface area contributed by atoms with Crippen LogP contribution in [0.1, 0.15) is 22.6 Å². The van der Waals surface area contributed by atoms with Crippen molar-refractivity contribution in [3.8, 4) is 0 Å². The lowest BCUT2D eigenvalue weighted by atomic mass is 9.94. The minimum atomic E-state index is -2.86. The summed E-state index contributed by atoms with van der Waals surface area (Å²) in [6.45, 7) is 0.0721. The number of hydrogen-bond acceptors (Lipinski definition) is 4. The van der Waals surface area contributed by atoms with E-state index >= 15 is 0 Å². The van der Waals surface area contributed by atoms with Crippen LogP contribution in [0.2, 0.25) is 0 Å². The number of ether oxygens (including phenoxy) is 1. The number of aromatic nitrogens is 2. The second-order valence-corrected chi connectivity index (χ2v) is 6.03. The van der Waals surface area contributed by atoms with Crippen LogP contribution in [0.25, 0.3) is 0 Å². The maximum atomic E-state index is 14.2. The van der Waals surface area contributed by atoms with E-state index in [2.05, 4.69) is 9.97 Å². The van der Waals surface area contributed by atoms with Gasteiger partial charge in [0.25, 0.3) is 11.8 Å². The number of benzene rings is 1. The van der Waals surface area contributed by atoms with Crippen molar-refractivity contribution < 1.29 is 18.3 Å². The van der Waals surface area contributed by atoms with E-state index < -0.39 is 17.7 Å². The van der Waals surface area contributed by atoms with Crippen molar-refractivity contribution in [2.24, 2.45) is 5.92 Å². The lowest BCUT2D eigenvalue weighted by molar-refractivity contribution is -0.124. The lowest BCUT2D eigenvalue weighted by Gasteiger charge is -2.37. The molecule has 3 rings (SSSR count). The number of likely N-dealkylation sites (tertiary alicyclic amines) is 1. The van der Waals surface area contributed by atoms with Gasteiger partial charge in [0.15, 0.2) is 0 Å². The Hall–Kier alpha value is -2.41. The number of piperidine rings is 1. The first kappa shape index (κ1) is 17.4. The average Bonchev–Trinajstić information content (AvgIpc) is 2.64. The molecule has 1 aliphatic rings. The summed E-state index contributed by atoms with van der Waals surface area (Å²) in [5.41, 5.74) is 0.923. The molecule has 1 aliphatic heterocycles. The van der Waals surface area contributed by atoms with Crippen LogP contribution >= 0.6 is 0 Å². The summed E-state index contributed by atoms with van der Waals surface area (Å²) in [6, 6.07) is 11.0. The predicted octanol–water partition coefficient (Wildman–Crippen LogP) is 2.79. The van der Waals surface area contributed by atoms with Gasteiger partial charge in [-0.15, -0.1) is 0 Å². The molecule has 1 amide bonds. The van der Waals surface area contributed by atoms with Gasteiger partial charge >= 0.3 is 0 Å². The fraction of sp³-hybridized carbons (Fsp3) is 0.389. The number of rotatable bonds is 5. The first-order chi connectivity index (χ1) is 12.1. The van der Waals surface area contributed by atoms with Crippen LogP contribution in [0.5, 0.6) is 0 Å². The van der Waals surface area contributed by atoms with Crippen molar-refractivity contribution in [3.05, 3.63) is 60.2 Å². The highest BCUT2D eigenvalue weighted by Crippen LogP contribution is 2.34. The van der Waals surface area contributed by atoms with Crippen LogP contribution < -0.4 is 0 Å². The van der Waals surface area contributed by atoms with Gasteiger partial charge in [0, 0.05) is 31.9 Å². The second-order valence-electron chi connectivity index (χ2n) is 6.03. The van der Waals surface area contributed by atoms with E-state index in [1.165, 1.54) is 17.3 Å². The Balaban J connectivity index is 1.60. The molecule has 25 heavy (non-hydrogen) atoms. The second kappa shape index (κ2) is 7.65. The molecule has 1 saturated heterocycles. The Morgan fingerprint density at radius 1 is 1.20 bits per heavy atom. The zero-order valence-corrected chi connectivity index (χ0v) is 13.6. The Bertz CT molecular complexity index is 698. The number of hydrogen-bond donors (Lipinski definition) is 0. The minimum Gasteiger partial charge on any atom is -0.376 e. The average molecular weight is 347 g/mol. The molecule has 1 aromatic heterocycles. The minimum absolute atomic E-state index is 0.0146. The van der Waals surface area contributed by atoms with E-state index in [1.54, 1.807) is 6.07 Å². The third-order valence-electron chi connectivity index (χ3n) is 4.23. The molecular weight excluding hydrogens is 328 g/mol. The SMILES string of the molecule is O=C(c1ncccn1)N1CCC(F)(F)C(COCc2ccccc2)C1. The number of nitrogens with zero attached hydrogens (tertiary/aromatic N) is 3. The Morgan fingerprint density at radius 3 is 2.64 bits per heavy atom. The Kier molecular flexibility index (Phi) is 5.33. The molecule has 5 nitrogen and oxygen atoms in total. The first-order valence-electron chi connectivity index (χ1n) is 8.12. The summed E-state index contributed by atoms with van der Waals surface area (Å²) in [5, 5.41) is 0. The standard InChI is InChI=1S/C18H19F2N3O2/c19-18(20)7-10-23(17(24)16-21-8-4-9-22-16)11-15(18)13-25-12-14-5-2-1-3-6-14/h1-6,8-9,15H,7,10-13H2. The van der Waals surface area contributed by atoms with Crippen molar-refractivity contribution >= 4 is 5.91 Å². The van der Waals surface area contributed by atoms with Crippen molar-refractivity contribution in [1.29, 1.82) is 0 Å². The highest BCUT2D eigenvalue weighted by molar-refractivity contribution is 5.90. The first-order valence-corrected chi connectivity index (χ1v) is 8.12. The molecule has 0 radical (unpaired) electrons. The van der Waals surface area contributed by atoms with Gasteiger partial charge in [-0.25, -0.2) is 18.7 Å². The molecule has 2 heterocycles. The fourth-order valence-corrected chi connectivity index (χ4v) is 2.78. The van der Waals surface area contributed by atoms with Crippen LogP contribution in [-0.2, 0) is 11.3 Å². The van der Waals surface area contributed by atoms with Gasteiger partial charge in [0.05, 0.1) is 19.1 Å². The molecule has 1 fully saturated rings. The molecule has 1 atom stereocenters. The zero-order chi connectivity index (χ0) is 17.7. The van der Waals surface area contributed by atoms with Crippen LogP contribution in [0.3, 0.4) is 0 Å². The lowest BCUT2D eigenvalue weighted by Crippen LogP contribution is -2.51. The van der Waals surface area contributed by atoms with Gasteiger partial charge in [-0.1, -0.05) is 30.3 Å². The van der Waals surface area contributed by atoms with Crippen LogP contribution in [-0.4, -0.2) is 46.4 Å². The number of carbonyl (C=O) groups is 1. The zero-order valence-electron chi connectivity index (χ0n) is 13.6. The largest absolute Gasteiger partial charge is 0.376 e. The fourth-order valence-electron chi connectivity index (χ4n) is 2.78. The van der Waals surface area contributed by atoms with E-state index in [1.807, 2.05) is 30.3 Å². The van der Waals surface area contributed by atoms with E-state index in [9.17, 15) is 13.6 Å². The number of carbonyl (C=O) groups excluding carboxylic acids is 1. The summed E-state index contributed by atoms with van der Waals surface area (Å²) in [6.07, 6.45) is 2.53. The molecular formula is C18H19F2N3O2. The number of halogens is 2. The molecule has 0 aliphatic carbocycles. The monoisotopic (exact) mass is 347 g/mol. The van der Waals surface area contributed by atoms with Crippen molar-refractivity contribution in [2.75, 3.05) is 19.7 Å². The van der Waals surface area contributed by atoms with Crippen molar-refractivity contribution in [2.45, 2.75) is 19.0 Å². The topological polar surface area (TPSA) is 55.3 Å². The summed E-state index contributed by atoms with van der Waals surface area (Å²) < 4.78 is 33.8. The quantitative estimate of drug-likeness (QED) is 0.835. The third kappa shape index (κ3) is 4.36. The third-order valence-corrected chi connectivity index (χ3v) is 4.23. The smallest absolute Gasteiger partial charge is 0.291 e. The molecule has 0 N–H and O–H groups in total.